The molecule has 0 aliphatic heterocycles. The number of ether oxygens (including phenoxy) is 2. The first-order valence-corrected chi connectivity index (χ1v) is 16.5. The summed E-state index contributed by atoms with van der Waals surface area (Å²) in [5.41, 5.74) is 3.24. The van der Waals surface area contributed by atoms with Gasteiger partial charge < -0.3 is 20.1 Å². The summed E-state index contributed by atoms with van der Waals surface area (Å²) in [7, 11) is 0. The van der Waals surface area contributed by atoms with E-state index in [1.54, 1.807) is 59.9 Å². The fourth-order valence-electron chi connectivity index (χ4n) is 4.59. The van der Waals surface area contributed by atoms with Crippen molar-refractivity contribution in [3.8, 4) is 11.5 Å². The van der Waals surface area contributed by atoms with Gasteiger partial charge >= 0.3 is 12.4 Å². The summed E-state index contributed by atoms with van der Waals surface area (Å²) in [6.07, 6.45) is -7.56. The number of rotatable bonds is 10. The number of nitrogens with one attached hydrogen (secondary N) is 2. The fourth-order valence-corrected chi connectivity index (χ4v) is 6.48. The summed E-state index contributed by atoms with van der Waals surface area (Å²) in [5.74, 6) is 1.91. The smallest absolute Gasteiger partial charge is 0.392 e. The number of hydrogen-bond acceptors (Lipinski definition) is 10. The van der Waals surface area contributed by atoms with Crippen LogP contribution in [0.3, 0.4) is 0 Å². The van der Waals surface area contributed by atoms with Gasteiger partial charge in [-0.25, -0.2) is 19.9 Å². The number of thiophene rings is 2. The molecule has 0 saturated carbocycles. The molecule has 0 atom stereocenters. The van der Waals surface area contributed by atoms with Gasteiger partial charge in [0.1, 0.15) is 45.5 Å². The maximum absolute atomic E-state index is 12.3. The molecule has 0 amide bonds. The zero-order valence-electron chi connectivity index (χ0n) is 26.4. The minimum absolute atomic E-state index is 0.349. The molecule has 0 spiro atoms. The maximum Gasteiger partial charge on any atom is 0.392 e. The molecule has 4 aromatic heterocycles. The quantitative estimate of drug-likeness (QED) is 0.135. The molecule has 0 radical (unpaired) electrons. The number of anilines is 4. The summed E-state index contributed by atoms with van der Waals surface area (Å²) in [6, 6.07) is 13.7. The molecule has 0 saturated heterocycles. The Kier molecular flexibility index (Phi) is 11.1. The average molecular weight is 721 g/mol. The lowest BCUT2D eigenvalue weighted by atomic mass is 10.2. The SMILES string of the molecule is Cc1csc2ncnc(Nc3ccccc3OCCC(F)(F)F)c12.Cc1sc2ncnc(Nc3ccccc3OCCC(F)(F)F)c2c1C. The lowest BCUT2D eigenvalue weighted by Gasteiger charge is -2.14. The van der Waals surface area contributed by atoms with Crippen LogP contribution in [0.1, 0.15) is 28.8 Å². The van der Waals surface area contributed by atoms with E-state index in [1.807, 2.05) is 26.2 Å². The van der Waals surface area contributed by atoms with Gasteiger partial charge in [-0.3, -0.25) is 0 Å². The van der Waals surface area contributed by atoms with E-state index in [4.69, 9.17) is 9.47 Å². The molecule has 4 heterocycles. The van der Waals surface area contributed by atoms with Gasteiger partial charge in [-0.2, -0.15) is 26.3 Å². The van der Waals surface area contributed by atoms with Crippen molar-refractivity contribution >= 4 is 66.1 Å². The Hall–Kier alpha value is -4.70. The molecule has 0 aliphatic carbocycles. The number of aryl methyl sites for hydroxylation is 3. The third kappa shape index (κ3) is 9.47. The number of aromatic nitrogens is 4. The molecule has 2 N–H and O–H groups in total. The normalized spacial score (nSPS) is 11.7. The number of para-hydroxylation sites is 4. The molecule has 0 unspecified atom stereocenters. The molecular formula is C33H30F6N6O2S2. The van der Waals surface area contributed by atoms with Gasteiger partial charge in [0.05, 0.1) is 48.2 Å². The van der Waals surface area contributed by atoms with Crippen LogP contribution in [-0.4, -0.2) is 45.5 Å². The van der Waals surface area contributed by atoms with Crippen LogP contribution in [0.4, 0.5) is 49.4 Å². The lowest BCUT2D eigenvalue weighted by Crippen LogP contribution is -2.13. The van der Waals surface area contributed by atoms with Gasteiger partial charge in [0.25, 0.3) is 0 Å². The van der Waals surface area contributed by atoms with Crippen LogP contribution in [0.2, 0.25) is 0 Å². The minimum atomic E-state index is -4.24. The third-order valence-corrected chi connectivity index (χ3v) is 9.21. The highest BCUT2D eigenvalue weighted by molar-refractivity contribution is 7.18. The molecule has 16 heteroatoms. The van der Waals surface area contributed by atoms with E-state index in [-0.39, 0.29) is 0 Å². The Morgan fingerprint density at radius 2 is 1.14 bits per heavy atom. The van der Waals surface area contributed by atoms with Gasteiger partial charge in [0, 0.05) is 4.88 Å². The van der Waals surface area contributed by atoms with Crippen LogP contribution < -0.4 is 20.1 Å². The van der Waals surface area contributed by atoms with Gasteiger partial charge in [-0.05, 0) is 61.5 Å². The fraction of sp³-hybridized carbons (Fsp3) is 0.273. The second kappa shape index (κ2) is 15.2. The molecule has 6 aromatic rings. The number of benzene rings is 2. The van der Waals surface area contributed by atoms with E-state index in [0.717, 1.165) is 36.4 Å². The number of hydrogen-bond donors (Lipinski definition) is 2. The van der Waals surface area contributed by atoms with E-state index in [9.17, 15) is 26.3 Å². The molecule has 8 nitrogen and oxygen atoms in total. The zero-order valence-corrected chi connectivity index (χ0v) is 28.0. The van der Waals surface area contributed by atoms with Crippen LogP contribution in [0, 0.1) is 20.8 Å². The Bertz CT molecular complexity index is 2030. The number of alkyl halides is 6. The summed E-state index contributed by atoms with van der Waals surface area (Å²) in [6.45, 7) is 5.10. The minimum Gasteiger partial charge on any atom is -0.491 e. The Balaban J connectivity index is 0.000000191. The van der Waals surface area contributed by atoms with Crippen molar-refractivity contribution in [1.82, 2.24) is 19.9 Å². The standard InChI is InChI=1S/C17H16F3N3OS.C16H14F3N3OS/c1-10-11(2)25-16-14(10)15(21-9-22-16)23-12-5-3-4-6-13(12)24-8-7-17(18,19)20;1-10-8-24-15-13(10)14(20-9-21-15)22-11-4-2-3-5-12(11)23-7-6-16(17,18)19/h3-6,9H,7-8H2,1-2H3,(H,21,22,23);2-5,8-9H,6-7H2,1H3,(H,20,21,22). The van der Waals surface area contributed by atoms with E-state index in [0.29, 0.717) is 34.5 Å². The number of fused-ring (bicyclic) bond motifs is 2. The highest BCUT2D eigenvalue weighted by Gasteiger charge is 2.28. The van der Waals surface area contributed by atoms with Gasteiger partial charge in [0.15, 0.2) is 0 Å². The monoisotopic (exact) mass is 720 g/mol. The van der Waals surface area contributed by atoms with Crippen molar-refractivity contribution in [3.63, 3.8) is 0 Å². The van der Waals surface area contributed by atoms with E-state index >= 15 is 0 Å². The number of halogens is 6. The first-order chi connectivity index (χ1) is 23.3. The summed E-state index contributed by atoms with van der Waals surface area (Å²) in [5, 5.41) is 10.1. The van der Waals surface area contributed by atoms with E-state index < -0.39 is 38.4 Å². The Morgan fingerprint density at radius 3 is 1.67 bits per heavy atom. The highest BCUT2D eigenvalue weighted by atomic mass is 32.1. The predicted octanol–water partition coefficient (Wildman–Crippen LogP) is 10.5. The topological polar surface area (TPSA) is 94.1 Å². The summed E-state index contributed by atoms with van der Waals surface area (Å²) < 4.78 is 84.4. The molecule has 258 valence electrons. The van der Waals surface area contributed by atoms with E-state index in [1.165, 1.54) is 24.0 Å². The van der Waals surface area contributed by atoms with Crippen molar-refractivity contribution < 1.29 is 35.8 Å². The lowest BCUT2D eigenvalue weighted by molar-refractivity contribution is -0.140. The first kappa shape index (κ1) is 35.6. The second-order valence-electron chi connectivity index (χ2n) is 10.7. The predicted molar refractivity (Wildman–Crippen MR) is 181 cm³/mol. The summed E-state index contributed by atoms with van der Waals surface area (Å²) >= 11 is 3.09. The van der Waals surface area contributed by atoms with Gasteiger partial charge in [-0.1, -0.05) is 24.3 Å². The van der Waals surface area contributed by atoms with Crippen molar-refractivity contribution in [3.05, 3.63) is 82.6 Å². The highest BCUT2D eigenvalue weighted by Crippen LogP contribution is 2.36. The van der Waals surface area contributed by atoms with Crippen LogP contribution in [0.5, 0.6) is 11.5 Å². The van der Waals surface area contributed by atoms with Crippen LogP contribution in [0.15, 0.2) is 66.6 Å². The summed E-state index contributed by atoms with van der Waals surface area (Å²) in [4.78, 5) is 19.9. The van der Waals surface area contributed by atoms with Crippen molar-refractivity contribution in [2.45, 2.75) is 46.0 Å². The first-order valence-electron chi connectivity index (χ1n) is 14.8. The van der Waals surface area contributed by atoms with Crippen molar-refractivity contribution in [1.29, 1.82) is 0 Å². The molecule has 2 aromatic carbocycles. The molecular weight excluding hydrogens is 691 g/mol. The molecule has 0 fully saturated rings. The third-order valence-electron chi connectivity index (χ3n) is 7.09. The molecule has 0 aliphatic rings. The van der Waals surface area contributed by atoms with Crippen molar-refractivity contribution in [2.75, 3.05) is 23.8 Å². The average Bonchev–Trinajstić information content (AvgIpc) is 3.57. The van der Waals surface area contributed by atoms with Crippen LogP contribution in [-0.2, 0) is 0 Å². The van der Waals surface area contributed by atoms with E-state index in [2.05, 4.69) is 30.6 Å². The Labute approximate surface area is 285 Å². The molecule has 0 bridgehead atoms. The van der Waals surface area contributed by atoms with Crippen LogP contribution in [0.25, 0.3) is 20.4 Å². The Morgan fingerprint density at radius 1 is 0.653 bits per heavy atom. The second-order valence-corrected chi connectivity index (χ2v) is 12.7. The zero-order chi connectivity index (χ0) is 35.2. The van der Waals surface area contributed by atoms with Gasteiger partial charge in [-0.15, -0.1) is 22.7 Å². The molecule has 49 heavy (non-hydrogen) atoms. The molecule has 6 rings (SSSR count). The van der Waals surface area contributed by atoms with Gasteiger partial charge in [0.2, 0.25) is 0 Å². The largest absolute Gasteiger partial charge is 0.491 e. The van der Waals surface area contributed by atoms with Crippen LogP contribution >= 0.6 is 22.7 Å². The van der Waals surface area contributed by atoms with Crippen molar-refractivity contribution in [2.24, 2.45) is 0 Å². The number of nitrogens with zero attached hydrogens (tertiary/aromatic N) is 4. The maximum atomic E-state index is 12.3.